The zero-order valence-corrected chi connectivity index (χ0v) is 16.5. The third kappa shape index (κ3) is 4.18. The maximum Gasteiger partial charge on any atom is 0.321 e. The van der Waals surface area contributed by atoms with Crippen molar-refractivity contribution in [2.24, 2.45) is 17.8 Å². The first kappa shape index (κ1) is 18.5. The minimum Gasteiger partial charge on any atom is -0.332 e. The average molecular weight is 370 g/mol. The van der Waals surface area contributed by atoms with Gasteiger partial charge in [-0.1, -0.05) is 24.3 Å². The number of urea groups is 1. The molecule has 4 saturated carbocycles. The molecule has 0 aromatic heterocycles. The van der Waals surface area contributed by atoms with E-state index in [-0.39, 0.29) is 24.0 Å². The van der Waals surface area contributed by atoms with E-state index >= 15 is 0 Å². The fourth-order valence-corrected chi connectivity index (χ4v) is 6.08. The van der Waals surface area contributed by atoms with Gasteiger partial charge in [0.2, 0.25) is 5.91 Å². The summed E-state index contributed by atoms with van der Waals surface area (Å²) in [4.78, 5) is 26.7. The van der Waals surface area contributed by atoms with Gasteiger partial charge in [-0.2, -0.15) is 0 Å². The second-order valence-corrected chi connectivity index (χ2v) is 9.30. The molecule has 0 unspecified atom stereocenters. The van der Waals surface area contributed by atoms with Gasteiger partial charge < -0.3 is 5.32 Å². The molecule has 1 aromatic rings. The number of hydrogen-bond acceptors (Lipinski definition) is 3. The molecule has 3 amide bonds. The second-order valence-electron chi connectivity index (χ2n) is 9.30. The Hall–Kier alpha value is -1.88. The molecule has 4 aliphatic rings. The maximum absolute atomic E-state index is 12.5. The summed E-state index contributed by atoms with van der Waals surface area (Å²) in [5, 5.41) is 5.75. The number of rotatable bonds is 5. The topological polar surface area (TPSA) is 61.4 Å². The van der Waals surface area contributed by atoms with Gasteiger partial charge in [-0.25, -0.2) is 4.79 Å². The lowest BCUT2D eigenvalue weighted by Crippen LogP contribution is -2.62. The molecular weight excluding hydrogens is 338 g/mol. The normalized spacial score (nSPS) is 31.1. The van der Waals surface area contributed by atoms with Crippen molar-refractivity contribution in [1.82, 2.24) is 15.5 Å². The van der Waals surface area contributed by atoms with Crippen LogP contribution in [-0.4, -0.2) is 36.0 Å². The Morgan fingerprint density at radius 1 is 1.07 bits per heavy atom. The molecule has 5 nitrogen and oxygen atoms in total. The molecule has 0 radical (unpaired) electrons. The van der Waals surface area contributed by atoms with Crippen LogP contribution in [0.5, 0.6) is 0 Å². The summed E-state index contributed by atoms with van der Waals surface area (Å²) in [6.07, 6.45) is 7.29. The highest BCUT2D eigenvalue weighted by Gasteiger charge is 2.51. The molecule has 0 saturated heterocycles. The minimum atomic E-state index is -0.314. The molecule has 1 aromatic carbocycles. The molecule has 4 aliphatic carbocycles. The largest absolute Gasteiger partial charge is 0.332 e. The van der Waals surface area contributed by atoms with Crippen LogP contribution >= 0.6 is 0 Å². The van der Waals surface area contributed by atoms with Gasteiger partial charge in [0.15, 0.2) is 0 Å². The average Bonchev–Trinajstić information content (AvgIpc) is 2.54. The number of amides is 3. The lowest BCUT2D eigenvalue weighted by molar-refractivity contribution is -0.121. The number of likely N-dealkylation sites (N-methyl/N-ethyl adjacent to an activating group) is 1. The molecule has 5 rings (SSSR count). The van der Waals surface area contributed by atoms with Crippen LogP contribution in [0.3, 0.4) is 0 Å². The molecule has 146 valence electrons. The van der Waals surface area contributed by atoms with Crippen LogP contribution in [0.4, 0.5) is 4.79 Å². The Balaban J connectivity index is 1.27. The highest BCUT2D eigenvalue weighted by molar-refractivity contribution is 5.95. The summed E-state index contributed by atoms with van der Waals surface area (Å²) in [6, 6.07) is 7.85. The number of carbonyl (C=O) groups is 2. The number of hydrogen-bond donors (Lipinski definition) is 2. The van der Waals surface area contributed by atoms with Gasteiger partial charge in [-0.05, 0) is 81.4 Å². The number of aryl methyl sites for hydroxylation is 1. The van der Waals surface area contributed by atoms with Crippen LogP contribution in [0.15, 0.2) is 24.3 Å². The predicted molar refractivity (Wildman–Crippen MR) is 105 cm³/mol. The van der Waals surface area contributed by atoms with E-state index in [9.17, 15) is 9.59 Å². The Bertz CT molecular complexity index is 695. The molecule has 4 fully saturated rings. The van der Waals surface area contributed by atoms with Crippen molar-refractivity contribution in [3.63, 3.8) is 0 Å². The van der Waals surface area contributed by atoms with Gasteiger partial charge in [-0.15, -0.1) is 0 Å². The van der Waals surface area contributed by atoms with E-state index < -0.39 is 0 Å². The first-order valence-electron chi connectivity index (χ1n) is 10.3. The molecule has 0 spiro atoms. The smallest absolute Gasteiger partial charge is 0.321 e. The van der Waals surface area contributed by atoms with Crippen LogP contribution in [0.2, 0.25) is 0 Å². The Kier molecular flexibility index (Phi) is 4.97. The summed E-state index contributed by atoms with van der Waals surface area (Å²) in [5.74, 6) is 2.07. The van der Waals surface area contributed by atoms with Crippen LogP contribution in [0.25, 0.3) is 0 Å². The predicted octanol–water partition coefficient (Wildman–Crippen LogP) is 3.22. The second kappa shape index (κ2) is 7.27. The van der Waals surface area contributed by atoms with Crippen molar-refractivity contribution in [2.75, 3.05) is 13.6 Å². The summed E-state index contributed by atoms with van der Waals surface area (Å²) in [6.45, 7) is 2.97. The van der Waals surface area contributed by atoms with E-state index in [0.717, 1.165) is 37.0 Å². The van der Waals surface area contributed by atoms with Gasteiger partial charge >= 0.3 is 6.03 Å². The summed E-state index contributed by atoms with van der Waals surface area (Å²) in [7, 11) is 1.91. The Labute approximate surface area is 161 Å². The van der Waals surface area contributed by atoms with Crippen molar-refractivity contribution in [1.29, 1.82) is 0 Å². The minimum absolute atomic E-state index is 0.0633. The van der Waals surface area contributed by atoms with Gasteiger partial charge in [0.05, 0.1) is 6.54 Å². The van der Waals surface area contributed by atoms with Crippen LogP contribution in [-0.2, 0) is 11.3 Å². The Morgan fingerprint density at radius 3 is 2.26 bits per heavy atom. The van der Waals surface area contributed by atoms with Crippen LogP contribution in [0, 0.1) is 24.7 Å². The first-order chi connectivity index (χ1) is 12.9. The highest BCUT2D eigenvalue weighted by Crippen LogP contribution is 2.55. The van der Waals surface area contributed by atoms with Crippen LogP contribution in [0.1, 0.15) is 49.7 Å². The molecule has 2 N–H and O–H groups in total. The van der Waals surface area contributed by atoms with Crippen molar-refractivity contribution in [2.45, 2.75) is 57.5 Å². The number of imide groups is 1. The van der Waals surface area contributed by atoms with E-state index in [4.69, 9.17) is 0 Å². The zero-order chi connectivity index (χ0) is 19.0. The zero-order valence-electron chi connectivity index (χ0n) is 16.5. The monoisotopic (exact) mass is 369 g/mol. The maximum atomic E-state index is 12.5. The third-order valence-corrected chi connectivity index (χ3v) is 6.78. The van der Waals surface area contributed by atoms with E-state index in [0.29, 0.717) is 6.54 Å². The summed E-state index contributed by atoms with van der Waals surface area (Å²) >= 11 is 0. The Morgan fingerprint density at radius 2 is 1.67 bits per heavy atom. The molecule has 4 bridgehead atoms. The summed E-state index contributed by atoms with van der Waals surface area (Å²) in [5.41, 5.74) is 2.35. The SMILES string of the molecule is Cc1ccccc1CN(C)CC(=O)NC(=O)NC12CC3CC(CC(C3)C1)C2. The number of carbonyl (C=O) groups excluding carboxylic acids is 2. The molecule has 0 atom stereocenters. The lowest BCUT2D eigenvalue weighted by atomic mass is 9.53. The molecular formula is C22H31N3O2. The fraction of sp³-hybridized carbons (Fsp3) is 0.636. The fourth-order valence-electron chi connectivity index (χ4n) is 6.08. The van der Waals surface area contributed by atoms with Crippen molar-refractivity contribution >= 4 is 11.9 Å². The molecule has 5 heteroatoms. The van der Waals surface area contributed by atoms with E-state index in [2.05, 4.69) is 29.7 Å². The molecule has 0 aliphatic heterocycles. The quantitative estimate of drug-likeness (QED) is 0.838. The van der Waals surface area contributed by atoms with Crippen LogP contribution < -0.4 is 10.6 Å². The van der Waals surface area contributed by atoms with Crippen molar-refractivity contribution in [3.05, 3.63) is 35.4 Å². The number of nitrogens with zero attached hydrogens (tertiary/aromatic N) is 1. The number of benzene rings is 1. The van der Waals surface area contributed by atoms with E-state index in [1.807, 2.05) is 24.1 Å². The molecule has 0 heterocycles. The number of nitrogens with one attached hydrogen (secondary N) is 2. The van der Waals surface area contributed by atoms with E-state index in [1.165, 1.54) is 30.4 Å². The highest BCUT2D eigenvalue weighted by atomic mass is 16.2. The first-order valence-corrected chi connectivity index (χ1v) is 10.3. The summed E-state index contributed by atoms with van der Waals surface area (Å²) < 4.78 is 0. The molecule has 27 heavy (non-hydrogen) atoms. The van der Waals surface area contributed by atoms with Crippen molar-refractivity contribution in [3.8, 4) is 0 Å². The third-order valence-electron chi connectivity index (χ3n) is 6.78. The standard InChI is InChI=1S/C22H31N3O2/c1-15-5-3-4-6-19(15)13-25(2)14-20(26)23-21(27)24-22-10-16-7-17(11-22)9-18(8-16)12-22/h3-6,16-18H,7-14H2,1-2H3,(H2,23,24,26,27). The van der Waals surface area contributed by atoms with Gasteiger partial charge in [0, 0.05) is 12.1 Å². The van der Waals surface area contributed by atoms with Gasteiger partial charge in [-0.3, -0.25) is 15.0 Å². The van der Waals surface area contributed by atoms with E-state index in [1.54, 1.807) is 0 Å². The van der Waals surface area contributed by atoms with Gasteiger partial charge in [0.1, 0.15) is 0 Å². The lowest BCUT2D eigenvalue weighted by Gasteiger charge is -2.56. The van der Waals surface area contributed by atoms with Gasteiger partial charge in [0.25, 0.3) is 0 Å². The van der Waals surface area contributed by atoms with Crippen molar-refractivity contribution < 1.29 is 9.59 Å².